The highest BCUT2D eigenvalue weighted by atomic mass is 127. The Kier molecular flexibility index (Phi) is 5.74. The summed E-state index contributed by atoms with van der Waals surface area (Å²) in [6.07, 6.45) is 3.61. The molecule has 5 atom stereocenters. The van der Waals surface area contributed by atoms with Gasteiger partial charge in [0.1, 0.15) is 11.9 Å². The van der Waals surface area contributed by atoms with Gasteiger partial charge in [-0.3, -0.25) is 14.7 Å². The van der Waals surface area contributed by atoms with E-state index in [4.69, 9.17) is 9.47 Å². The topological polar surface area (TPSA) is 51.7 Å². The lowest BCUT2D eigenvalue weighted by Gasteiger charge is -2.50. The van der Waals surface area contributed by atoms with Crippen molar-refractivity contribution in [2.24, 2.45) is 11.8 Å². The molecule has 2 aromatic rings. The van der Waals surface area contributed by atoms with Crippen LogP contribution < -0.4 is 4.74 Å². The number of rotatable bonds is 4. The number of carbonyl (C=O) groups excluding carboxylic acids is 1. The smallest absolute Gasteiger partial charge is 0.303 e. The molecule has 1 aromatic carbocycles. The quantitative estimate of drug-likeness (QED) is 0.369. The summed E-state index contributed by atoms with van der Waals surface area (Å²) in [5, 5.41) is 0.972. The van der Waals surface area contributed by atoms with Gasteiger partial charge in [0, 0.05) is 59.1 Å². The van der Waals surface area contributed by atoms with Gasteiger partial charge in [0.05, 0.1) is 18.7 Å². The van der Waals surface area contributed by atoms with Crippen molar-refractivity contribution < 1.29 is 14.3 Å². The molecule has 2 bridgehead atoms. The molecule has 28 heavy (non-hydrogen) atoms. The van der Waals surface area contributed by atoms with Gasteiger partial charge in [0.2, 0.25) is 0 Å². The first-order chi connectivity index (χ1) is 13.6. The lowest BCUT2D eigenvalue weighted by Crippen LogP contribution is -2.55. The molecule has 1 aromatic heterocycles. The molecule has 0 spiro atoms. The maximum absolute atomic E-state index is 12.0. The monoisotopic (exact) mass is 490 g/mol. The number of ether oxygens (including phenoxy) is 2. The minimum atomic E-state index is -0.327. The number of benzene rings is 1. The highest BCUT2D eigenvalue weighted by Gasteiger charge is 2.44. The van der Waals surface area contributed by atoms with Crippen LogP contribution in [0, 0.1) is 21.7 Å². The predicted octanol–water partition coefficient (Wildman–Crippen LogP) is 3.95. The fourth-order valence-corrected chi connectivity index (χ4v) is 5.07. The number of esters is 1. The Hall–Kier alpha value is -1.85. The Morgan fingerprint density at radius 3 is 2.93 bits per heavy atom. The van der Waals surface area contributed by atoms with Gasteiger partial charge in [-0.05, 0) is 53.5 Å². The minimum absolute atomic E-state index is 0.159. The molecule has 0 radical (unpaired) electrons. The van der Waals surface area contributed by atoms with Crippen LogP contribution in [0.3, 0.4) is 0 Å². The molecule has 3 aliphatic heterocycles. The van der Waals surface area contributed by atoms with Gasteiger partial charge in [-0.1, -0.05) is 5.92 Å². The molecule has 3 fully saturated rings. The molecule has 5 nitrogen and oxygen atoms in total. The summed E-state index contributed by atoms with van der Waals surface area (Å²) in [4.78, 5) is 18.9. The van der Waals surface area contributed by atoms with Gasteiger partial charge in [-0.15, -0.1) is 0 Å². The van der Waals surface area contributed by atoms with E-state index >= 15 is 0 Å². The zero-order valence-electron chi connectivity index (χ0n) is 16.0. The highest BCUT2D eigenvalue weighted by Crippen LogP contribution is 2.43. The number of piperidine rings is 3. The predicted molar refractivity (Wildman–Crippen MR) is 116 cm³/mol. The first-order valence-corrected chi connectivity index (χ1v) is 10.6. The summed E-state index contributed by atoms with van der Waals surface area (Å²) in [5.41, 5.74) is 1.87. The van der Waals surface area contributed by atoms with E-state index in [2.05, 4.69) is 42.3 Å². The molecule has 3 saturated heterocycles. The van der Waals surface area contributed by atoms with Crippen molar-refractivity contribution in [3.8, 4) is 15.6 Å². The Morgan fingerprint density at radius 2 is 2.25 bits per heavy atom. The second-order valence-electron chi connectivity index (χ2n) is 7.51. The Labute approximate surface area is 178 Å². The number of aromatic nitrogens is 1. The summed E-state index contributed by atoms with van der Waals surface area (Å²) in [6, 6.07) is 7.96. The van der Waals surface area contributed by atoms with Crippen LogP contribution in [0.1, 0.15) is 31.4 Å². The summed E-state index contributed by atoms with van der Waals surface area (Å²) < 4.78 is 14.4. The van der Waals surface area contributed by atoms with E-state index in [-0.39, 0.29) is 18.1 Å². The molecule has 3 aliphatic rings. The van der Waals surface area contributed by atoms with Crippen molar-refractivity contribution >= 4 is 39.5 Å². The third-order valence-corrected chi connectivity index (χ3v) is 6.28. The first kappa shape index (κ1) is 19.5. The summed E-state index contributed by atoms with van der Waals surface area (Å²) in [5.74, 6) is 4.84. The molecule has 0 amide bonds. The molecule has 5 rings (SSSR count). The fraction of sp³-hybridized carbons (Fsp3) is 0.455. The minimum Gasteiger partial charge on any atom is -0.497 e. The van der Waals surface area contributed by atoms with Crippen molar-refractivity contribution in [3.05, 3.63) is 36.0 Å². The summed E-state index contributed by atoms with van der Waals surface area (Å²) >= 11 is 2.12. The first-order valence-electron chi connectivity index (χ1n) is 9.55. The molecule has 1 unspecified atom stereocenters. The van der Waals surface area contributed by atoms with Crippen LogP contribution in [0.5, 0.6) is 5.75 Å². The number of halogens is 1. The van der Waals surface area contributed by atoms with Crippen molar-refractivity contribution in [1.82, 2.24) is 9.88 Å². The molecular weight excluding hydrogens is 467 g/mol. The standard InChI is InChI=1S/C22H23IN2O3/c1-14(26)28-22(21-11-15-7-10-25(21)13-16(15)5-8-23)18-6-9-24-20-4-3-17(27-2)12-19(18)20/h3-4,6,9,12,15-16,21-22H,7,10-11,13H2,1-2H3/t15-,16-,21+,22+/m0/s1. The van der Waals surface area contributed by atoms with Crippen LogP contribution in [0.4, 0.5) is 0 Å². The van der Waals surface area contributed by atoms with Gasteiger partial charge in [-0.25, -0.2) is 0 Å². The normalized spacial score (nSPS) is 27.0. The molecule has 6 heteroatoms. The fourth-order valence-electron chi connectivity index (χ4n) is 4.67. The number of nitrogens with zero attached hydrogens (tertiary/aromatic N) is 2. The number of hydrogen-bond acceptors (Lipinski definition) is 5. The lowest BCUT2D eigenvalue weighted by molar-refractivity contribution is -0.154. The summed E-state index contributed by atoms with van der Waals surface area (Å²) in [6.45, 7) is 3.45. The maximum Gasteiger partial charge on any atom is 0.303 e. The maximum atomic E-state index is 12.0. The second kappa shape index (κ2) is 8.26. The number of hydrogen-bond donors (Lipinski definition) is 0. The van der Waals surface area contributed by atoms with Crippen LogP contribution in [0.15, 0.2) is 30.5 Å². The van der Waals surface area contributed by atoms with Crippen LogP contribution in [0.2, 0.25) is 0 Å². The Bertz CT molecular complexity index is 952. The third kappa shape index (κ3) is 3.70. The number of methoxy groups -OCH3 is 1. The number of fused-ring (bicyclic) bond motifs is 4. The average molecular weight is 490 g/mol. The van der Waals surface area contributed by atoms with Crippen LogP contribution in [0.25, 0.3) is 10.9 Å². The van der Waals surface area contributed by atoms with E-state index in [9.17, 15) is 4.79 Å². The van der Waals surface area contributed by atoms with Crippen LogP contribution in [-0.2, 0) is 9.53 Å². The third-order valence-electron chi connectivity index (χ3n) is 5.97. The molecule has 0 N–H and O–H groups in total. The number of carbonyl (C=O) groups is 1. The molecule has 0 aliphatic carbocycles. The van der Waals surface area contributed by atoms with Gasteiger partial charge in [-0.2, -0.15) is 0 Å². The molecule has 4 heterocycles. The van der Waals surface area contributed by atoms with Gasteiger partial charge < -0.3 is 9.47 Å². The van der Waals surface area contributed by atoms with E-state index in [1.807, 2.05) is 24.3 Å². The van der Waals surface area contributed by atoms with Crippen molar-refractivity contribution in [3.63, 3.8) is 0 Å². The van der Waals surface area contributed by atoms with E-state index in [0.29, 0.717) is 11.8 Å². The molecular formula is C22H23IN2O3. The SMILES string of the molecule is COc1ccc2nccc([C@@H](OC(C)=O)[C@H]3C[C@@H]4CCN3C[C@@H]4C#CI)c2c1. The van der Waals surface area contributed by atoms with E-state index in [1.165, 1.54) is 6.92 Å². The van der Waals surface area contributed by atoms with Crippen LogP contribution >= 0.6 is 22.6 Å². The highest BCUT2D eigenvalue weighted by molar-refractivity contribution is 14.1. The van der Waals surface area contributed by atoms with Gasteiger partial charge in [0.25, 0.3) is 0 Å². The van der Waals surface area contributed by atoms with E-state index in [1.54, 1.807) is 13.3 Å². The average Bonchev–Trinajstić information content (AvgIpc) is 2.72. The zero-order valence-corrected chi connectivity index (χ0v) is 18.2. The van der Waals surface area contributed by atoms with E-state index in [0.717, 1.165) is 48.1 Å². The van der Waals surface area contributed by atoms with E-state index < -0.39 is 0 Å². The van der Waals surface area contributed by atoms with Gasteiger partial charge in [0.15, 0.2) is 0 Å². The Morgan fingerprint density at radius 1 is 1.39 bits per heavy atom. The largest absolute Gasteiger partial charge is 0.497 e. The van der Waals surface area contributed by atoms with Crippen molar-refractivity contribution in [2.45, 2.75) is 31.9 Å². The zero-order chi connectivity index (χ0) is 19.7. The van der Waals surface area contributed by atoms with Crippen molar-refractivity contribution in [2.75, 3.05) is 20.2 Å². The Balaban J connectivity index is 1.75. The lowest BCUT2D eigenvalue weighted by atomic mass is 9.74. The summed E-state index contributed by atoms with van der Waals surface area (Å²) in [7, 11) is 1.65. The van der Waals surface area contributed by atoms with Crippen molar-refractivity contribution in [1.29, 1.82) is 0 Å². The van der Waals surface area contributed by atoms with Crippen LogP contribution in [-0.4, -0.2) is 42.1 Å². The number of pyridine rings is 1. The molecule has 146 valence electrons. The van der Waals surface area contributed by atoms with Gasteiger partial charge >= 0.3 is 5.97 Å². The molecule has 0 saturated carbocycles. The second-order valence-corrected chi connectivity index (χ2v) is 8.04.